The van der Waals surface area contributed by atoms with Crippen molar-refractivity contribution in [2.24, 2.45) is 0 Å². The number of hydrogen-bond acceptors (Lipinski definition) is 1. The molecule has 3 saturated carbocycles. The summed E-state index contributed by atoms with van der Waals surface area (Å²) in [7, 11) is 0. The quantitative estimate of drug-likeness (QED) is 0.769. The summed E-state index contributed by atoms with van der Waals surface area (Å²) >= 11 is 3.59. The Morgan fingerprint density at radius 1 is 1.18 bits per heavy atom. The first-order valence-electron chi connectivity index (χ1n) is 5.85. The van der Waals surface area contributed by atoms with Gasteiger partial charge in [-0.25, -0.2) is 4.39 Å². The van der Waals surface area contributed by atoms with E-state index >= 15 is 0 Å². The molecule has 0 unspecified atom stereocenters. The van der Waals surface area contributed by atoms with Crippen LogP contribution in [0.5, 0.6) is 0 Å². The van der Waals surface area contributed by atoms with Crippen molar-refractivity contribution in [2.75, 3.05) is 0 Å². The molecule has 0 aliphatic heterocycles. The van der Waals surface area contributed by atoms with Gasteiger partial charge in [-0.1, -0.05) is 34.1 Å². The van der Waals surface area contributed by atoms with Crippen LogP contribution in [0.2, 0.25) is 0 Å². The molecule has 1 nitrogen and oxygen atoms in total. The highest BCUT2D eigenvalue weighted by Crippen LogP contribution is 2.69. The van der Waals surface area contributed by atoms with E-state index in [9.17, 15) is 4.39 Å². The number of benzene rings is 1. The Morgan fingerprint density at radius 2 is 1.88 bits per heavy atom. The Kier molecular flexibility index (Phi) is 1.70. The fourth-order valence-electron chi connectivity index (χ4n) is 3.34. The van der Waals surface area contributed by atoms with E-state index in [-0.39, 0.29) is 5.41 Å². The molecule has 17 heavy (non-hydrogen) atoms. The van der Waals surface area contributed by atoms with E-state index in [1.807, 2.05) is 18.2 Å². The summed E-state index contributed by atoms with van der Waals surface area (Å²) in [4.78, 5) is 4.70. The molecule has 3 aliphatic carbocycles. The minimum absolute atomic E-state index is 0.0430. The lowest BCUT2D eigenvalue weighted by atomic mass is 9.41. The van der Waals surface area contributed by atoms with Crippen LogP contribution in [0.1, 0.15) is 25.0 Å². The highest BCUT2D eigenvalue weighted by atomic mass is 79.9. The molecule has 0 radical (unpaired) electrons. The third-order valence-corrected chi connectivity index (χ3v) is 4.83. The molecule has 1 aromatic carbocycles. The highest BCUT2D eigenvalue weighted by Gasteiger charge is 2.70. The molecule has 0 saturated heterocycles. The number of fused-ring (bicyclic) bond motifs is 1. The molecule has 0 atom stereocenters. The van der Waals surface area contributed by atoms with Crippen molar-refractivity contribution in [1.82, 2.24) is 4.98 Å². The van der Waals surface area contributed by atoms with Crippen molar-refractivity contribution in [2.45, 2.75) is 30.3 Å². The van der Waals surface area contributed by atoms with Crippen molar-refractivity contribution in [3.8, 4) is 0 Å². The highest BCUT2D eigenvalue weighted by molar-refractivity contribution is 9.10. The van der Waals surface area contributed by atoms with Crippen LogP contribution in [0.15, 0.2) is 34.8 Å². The van der Waals surface area contributed by atoms with Crippen LogP contribution < -0.4 is 0 Å². The lowest BCUT2D eigenvalue weighted by Gasteiger charge is -2.65. The van der Waals surface area contributed by atoms with Gasteiger partial charge in [0.25, 0.3) is 0 Å². The lowest BCUT2D eigenvalue weighted by Crippen LogP contribution is -2.67. The number of nitrogens with zero attached hydrogens (tertiary/aromatic N) is 1. The summed E-state index contributed by atoms with van der Waals surface area (Å²) in [5.74, 6) is 0. The second-order valence-corrected chi connectivity index (χ2v) is 6.32. The van der Waals surface area contributed by atoms with Gasteiger partial charge < -0.3 is 0 Å². The Hall–Kier alpha value is -0.960. The second kappa shape index (κ2) is 2.89. The molecule has 3 fully saturated rings. The first-order chi connectivity index (χ1) is 8.10. The normalized spacial score (nSPS) is 34.2. The Morgan fingerprint density at radius 3 is 2.59 bits per heavy atom. The fourth-order valence-corrected chi connectivity index (χ4v) is 3.89. The maximum absolute atomic E-state index is 13.6. The zero-order chi connectivity index (χ0) is 11.7. The average molecular weight is 292 g/mol. The number of halogens is 2. The number of pyridine rings is 1. The van der Waals surface area contributed by atoms with Crippen LogP contribution in [0.25, 0.3) is 10.9 Å². The van der Waals surface area contributed by atoms with Gasteiger partial charge in [-0.15, -0.1) is 0 Å². The van der Waals surface area contributed by atoms with E-state index in [0.717, 1.165) is 21.1 Å². The molecule has 5 rings (SSSR count). The van der Waals surface area contributed by atoms with Gasteiger partial charge in [0, 0.05) is 21.0 Å². The molecular formula is C14H11BrFN. The van der Waals surface area contributed by atoms with Gasteiger partial charge in [0.05, 0.1) is 5.52 Å². The van der Waals surface area contributed by atoms with E-state index in [2.05, 4.69) is 28.1 Å². The minimum atomic E-state index is -0.861. The summed E-state index contributed by atoms with van der Waals surface area (Å²) < 4.78 is 14.6. The zero-order valence-electron chi connectivity index (χ0n) is 9.21. The SMILES string of the molecule is FC12CC(c3cc(Br)c4ccccc4n3)(C1)C2. The van der Waals surface area contributed by atoms with E-state index in [1.54, 1.807) is 0 Å². The summed E-state index contributed by atoms with van der Waals surface area (Å²) in [5.41, 5.74) is 1.23. The maximum atomic E-state index is 13.6. The van der Waals surface area contributed by atoms with E-state index in [0.29, 0.717) is 19.3 Å². The molecule has 86 valence electrons. The van der Waals surface area contributed by atoms with Crippen molar-refractivity contribution < 1.29 is 4.39 Å². The van der Waals surface area contributed by atoms with Crippen LogP contribution in [-0.4, -0.2) is 10.7 Å². The van der Waals surface area contributed by atoms with E-state index in [1.165, 1.54) is 0 Å². The van der Waals surface area contributed by atoms with E-state index < -0.39 is 5.67 Å². The van der Waals surface area contributed by atoms with Crippen LogP contribution >= 0.6 is 15.9 Å². The molecular weight excluding hydrogens is 281 g/mol. The predicted molar refractivity (Wildman–Crippen MR) is 68.8 cm³/mol. The van der Waals surface area contributed by atoms with Crippen LogP contribution in [0.3, 0.4) is 0 Å². The molecule has 3 aliphatic rings. The number of rotatable bonds is 1. The van der Waals surface area contributed by atoms with Crippen LogP contribution in [0.4, 0.5) is 4.39 Å². The third kappa shape index (κ3) is 1.21. The van der Waals surface area contributed by atoms with Crippen molar-refractivity contribution in [3.05, 3.63) is 40.5 Å². The summed E-state index contributed by atoms with van der Waals surface area (Å²) in [6, 6.07) is 10.1. The molecule has 2 aromatic rings. The van der Waals surface area contributed by atoms with Gasteiger partial charge in [-0.05, 0) is 31.4 Å². The second-order valence-electron chi connectivity index (χ2n) is 5.47. The monoisotopic (exact) mass is 291 g/mol. The number of aromatic nitrogens is 1. The zero-order valence-corrected chi connectivity index (χ0v) is 10.8. The Bertz CT molecular complexity index is 617. The van der Waals surface area contributed by atoms with Gasteiger partial charge in [-0.3, -0.25) is 4.98 Å². The maximum Gasteiger partial charge on any atom is 0.113 e. The predicted octanol–water partition coefficient (Wildman–Crippen LogP) is 4.14. The number of para-hydroxylation sites is 1. The largest absolute Gasteiger partial charge is 0.252 e. The average Bonchev–Trinajstić information content (AvgIpc) is 2.23. The summed E-state index contributed by atoms with van der Waals surface area (Å²) in [5, 5.41) is 1.12. The van der Waals surface area contributed by atoms with Crippen molar-refractivity contribution >= 4 is 26.8 Å². The standard InChI is InChI=1S/C14H11BrFN/c15-10-5-12(13-6-14(16,7-13)8-13)17-11-4-2-1-3-9(10)11/h1-5H,6-8H2. The smallest absolute Gasteiger partial charge is 0.113 e. The topological polar surface area (TPSA) is 12.9 Å². The van der Waals surface area contributed by atoms with Crippen LogP contribution in [-0.2, 0) is 5.41 Å². The first kappa shape index (κ1) is 10.0. The molecule has 0 N–H and O–H groups in total. The summed E-state index contributed by atoms with van der Waals surface area (Å²) in [6.07, 6.45) is 1.99. The van der Waals surface area contributed by atoms with Crippen molar-refractivity contribution in [1.29, 1.82) is 0 Å². The number of hydrogen-bond donors (Lipinski definition) is 0. The van der Waals surface area contributed by atoms with Gasteiger partial charge in [-0.2, -0.15) is 0 Å². The van der Waals surface area contributed by atoms with Gasteiger partial charge >= 0.3 is 0 Å². The molecule has 0 amide bonds. The summed E-state index contributed by atoms with van der Waals surface area (Å²) in [6.45, 7) is 0. The van der Waals surface area contributed by atoms with Crippen molar-refractivity contribution in [3.63, 3.8) is 0 Å². The third-order valence-electron chi connectivity index (χ3n) is 4.17. The fraction of sp³-hybridized carbons (Fsp3) is 0.357. The molecule has 1 aromatic heterocycles. The number of alkyl halides is 1. The van der Waals surface area contributed by atoms with E-state index in [4.69, 9.17) is 4.98 Å². The first-order valence-corrected chi connectivity index (χ1v) is 6.64. The minimum Gasteiger partial charge on any atom is -0.252 e. The van der Waals surface area contributed by atoms with Gasteiger partial charge in [0.2, 0.25) is 0 Å². The molecule has 2 bridgehead atoms. The lowest BCUT2D eigenvalue weighted by molar-refractivity contribution is -0.160. The molecule has 0 spiro atoms. The van der Waals surface area contributed by atoms with Gasteiger partial charge in [0.1, 0.15) is 5.67 Å². The van der Waals surface area contributed by atoms with Gasteiger partial charge in [0.15, 0.2) is 0 Å². The van der Waals surface area contributed by atoms with Crippen LogP contribution in [0, 0.1) is 0 Å². The Balaban J connectivity index is 1.88. The molecule has 1 heterocycles. The Labute approximate surface area is 107 Å². The molecule has 3 heteroatoms.